The number of benzene rings is 1. The second kappa shape index (κ2) is 9.76. The lowest BCUT2D eigenvalue weighted by molar-refractivity contribution is -0.281. The molecule has 1 aliphatic heterocycles. The molecule has 1 fully saturated rings. The molecule has 31 heavy (non-hydrogen) atoms. The molecule has 0 aliphatic carbocycles. The van der Waals surface area contributed by atoms with Crippen molar-refractivity contribution < 1.29 is 43.1 Å². The highest BCUT2D eigenvalue weighted by molar-refractivity contribution is 7.99. The van der Waals surface area contributed by atoms with Gasteiger partial charge in [-0.1, -0.05) is 19.1 Å². The Labute approximate surface area is 180 Å². The second-order valence-electron chi connectivity index (χ2n) is 6.95. The van der Waals surface area contributed by atoms with E-state index in [1.807, 2.05) is 12.0 Å². The second-order valence-corrected chi connectivity index (χ2v) is 8.28. The molecule has 8 nitrogen and oxygen atoms in total. The van der Waals surface area contributed by atoms with Gasteiger partial charge in [-0.3, -0.25) is 5.10 Å². The van der Waals surface area contributed by atoms with Crippen molar-refractivity contribution in [1.82, 2.24) is 10.2 Å². The number of ether oxygens (including phenoxy) is 2. The van der Waals surface area contributed by atoms with E-state index in [1.165, 1.54) is 0 Å². The smallest absolute Gasteiger partial charge is 0.433 e. The number of hydrogen-bond acceptors (Lipinski definition) is 8. The number of aliphatic hydroxyl groups is 4. The molecule has 1 aromatic heterocycles. The fraction of sp³-hybridized carbons (Fsp3) is 0.526. The summed E-state index contributed by atoms with van der Waals surface area (Å²) >= 11 is 1.59. The largest absolute Gasteiger partial charge is 0.465 e. The average Bonchev–Trinajstić information content (AvgIpc) is 3.12. The molecule has 0 unspecified atom stereocenters. The molecular formula is C19H23F3N2O6S. The maximum Gasteiger partial charge on any atom is 0.433 e. The zero-order valence-corrected chi connectivity index (χ0v) is 17.2. The summed E-state index contributed by atoms with van der Waals surface area (Å²) in [6.45, 7) is 1.31. The monoisotopic (exact) mass is 464 g/mol. The van der Waals surface area contributed by atoms with Crippen molar-refractivity contribution in [1.29, 1.82) is 0 Å². The molecule has 2 heterocycles. The molecule has 2 aromatic rings. The highest BCUT2D eigenvalue weighted by atomic mass is 32.2. The van der Waals surface area contributed by atoms with Crippen LogP contribution >= 0.6 is 11.8 Å². The quantitative estimate of drug-likeness (QED) is 0.388. The Kier molecular flexibility index (Phi) is 7.50. The summed E-state index contributed by atoms with van der Waals surface area (Å²) in [5, 5.41) is 44.9. The van der Waals surface area contributed by atoms with Crippen LogP contribution in [0.2, 0.25) is 0 Å². The first kappa shape index (κ1) is 23.8. The van der Waals surface area contributed by atoms with Crippen molar-refractivity contribution in [3.8, 4) is 5.88 Å². The topological polar surface area (TPSA) is 128 Å². The van der Waals surface area contributed by atoms with Crippen molar-refractivity contribution in [2.24, 2.45) is 0 Å². The van der Waals surface area contributed by atoms with E-state index in [9.17, 15) is 28.5 Å². The summed E-state index contributed by atoms with van der Waals surface area (Å²) in [4.78, 5) is 0.976. The van der Waals surface area contributed by atoms with Crippen LogP contribution in [0, 0.1) is 0 Å². The molecule has 0 radical (unpaired) electrons. The Morgan fingerprint density at radius 1 is 1.16 bits per heavy atom. The molecule has 1 saturated heterocycles. The van der Waals surface area contributed by atoms with Crippen LogP contribution in [-0.2, 0) is 17.3 Å². The molecule has 0 spiro atoms. The number of H-pyrrole nitrogens is 1. The van der Waals surface area contributed by atoms with Crippen molar-refractivity contribution in [2.75, 3.05) is 12.4 Å². The summed E-state index contributed by atoms with van der Waals surface area (Å²) < 4.78 is 50.8. The molecule has 172 valence electrons. The highest BCUT2D eigenvalue weighted by Gasteiger charge is 2.46. The SMILES string of the molecule is CCSc1ccc(Cc2c(O[C@@H]3[C@@H](O)[C@H](O)[C@@H](CO)O[C@H]3O)n[nH]c2C(F)(F)F)cc1. The van der Waals surface area contributed by atoms with Crippen LogP contribution in [0.3, 0.4) is 0 Å². The number of aromatic nitrogens is 2. The summed E-state index contributed by atoms with van der Waals surface area (Å²) in [5.41, 5.74) is -0.871. The number of rotatable bonds is 7. The Morgan fingerprint density at radius 2 is 1.84 bits per heavy atom. The van der Waals surface area contributed by atoms with E-state index >= 15 is 0 Å². The van der Waals surface area contributed by atoms with Gasteiger partial charge in [0.05, 0.1) is 12.2 Å². The number of thioether (sulfide) groups is 1. The van der Waals surface area contributed by atoms with Gasteiger partial charge in [-0.2, -0.15) is 13.2 Å². The molecule has 0 saturated carbocycles. The van der Waals surface area contributed by atoms with E-state index in [1.54, 1.807) is 36.0 Å². The van der Waals surface area contributed by atoms with Crippen molar-refractivity contribution >= 4 is 11.8 Å². The number of alkyl halides is 3. The zero-order valence-electron chi connectivity index (χ0n) is 16.4. The first-order chi connectivity index (χ1) is 14.7. The summed E-state index contributed by atoms with van der Waals surface area (Å²) in [6, 6.07) is 6.98. The van der Waals surface area contributed by atoms with Crippen LogP contribution in [0.25, 0.3) is 0 Å². The summed E-state index contributed by atoms with van der Waals surface area (Å²) in [5.74, 6) is 0.370. The van der Waals surface area contributed by atoms with Crippen LogP contribution in [-0.4, -0.2) is 73.7 Å². The van der Waals surface area contributed by atoms with Gasteiger partial charge in [0, 0.05) is 11.3 Å². The minimum atomic E-state index is -4.75. The number of aromatic amines is 1. The molecule has 5 N–H and O–H groups in total. The minimum absolute atomic E-state index is 0.181. The van der Waals surface area contributed by atoms with E-state index < -0.39 is 55.1 Å². The molecule has 0 amide bonds. The molecule has 3 rings (SSSR count). The van der Waals surface area contributed by atoms with Gasteiger partial charge in [0.25, 0.3) is 0 Å². The predicted octanol–water partition coefficient (Wildman–Crippen LogP) is 1.31. The lowest BCUT2D eigenvalue weighted by atomic mass is 9.99. The standard InChI is InChI=1S/C19H23F3N2O6S/c1-2-31-10-5-3-9(4-6-10)7-11-16(19(20,21)22)23-24-17(11)30-15-14(27)13(26)12(8-25)29-18(15)28/h3-6,12-15,18,25-28H,2,7-8H2,1H3,(H,23,24)/t12-,13-,14+,15-,18-/m1/s1. The highest BCUT2D eigenvalue weighted by Crippen LogP contribution is 2.37. The normalized spacial score (nSPS) is 26.8. The minimum Gasteiger partial charge on any atom is -0.465 e. The maximum absolute atomic E-state index is 13.5. The van der Waals surface area contributed by atoms with Gasteiger partial charge >= 0.3 is 6.18 Å². The van der Waals surface area contributed by atoms with E-state index in [0.29, 0.717) is 5.56 Å². The van der Waals surface area contributed by atoms with Crippen molar-refractivity contribution in [3.05, 3.63) is 41.1 Å². The first-order valence-electron chi connectivity index (χ1n) is 9.49. The third-order valence-corrected chi connectivity index (χ3v) is 5.71. The fourth-order valence-electron chi connectivity index (χ4n) is 3.25. The third-order valence-electron chi connectivity index (χ3n) is 4.82. The lowest BCUT2D eigenvalue weighted by Crippen LogP contribution is -2.60. The molecule has 5 atom stereocenters. The molecule has 0 bridgehead atoms. The van der Waals surface area contributed by atoms with Crippen LogP contribution in [0.5, 0.6) is 5.88 Å². The number of aliphatic hydroxyl groups excluding tert-OH is 4. The molecular weight excluding hydrogens is 441 g/mol. The number of halogens is 3. The molecule has 1 aliphatic rings. The average molecular weight is 464 g/mol. The van der Waals surface area contributed by atoms with Gasteiger partial charge in [0.2, 0.25) is 5.88 Å². The zero-order chi connectivity index (χ0) is 22.8. The van der Waals surface area contributed by atoms with Crippen molar-refractivity contribution in [2.45, 2.75) is 55.1 Å². The Bertz CT molecular complexity index is 863. The van der Waals surface area contributed by atoms with E-state index in [2.05, 4.69) is 5.10 Å². The van der Waals surface area contributed by atoms with Crippen LogP contribution in [0.1, 0.15) is 23.7 Å². The van der Waals surface area contributed by atoms with Gasteiger partial charge in [-0.25, -0.2) is 0 Å². The third kappa shape index (κ3) is 5.33. The van der Waals surface area contributed by atoms with E-state index in [-0.39, 0.29) is 12.0 Å². The predicted molar refractivity (Wildman–Crippen MR) is 104 cm³/mol. The van der Waals surface area contributed by atoms with Crippen LogP contribution in [0.4, 0.5) is 13.2 Å². The van der Waals surface area contributed by atoms with Gasteiger partial charge in [0.15, 0.2) is 12.4 Å². The van der Waals surface area contributed by atoms with E-state index in [0.717, 1.165) is 10.6 Å². The van der Waals surface area contributed by atoms with Crippen molar-refractivity contribution in [3.63, 3.8) is 0 Å². The van der Waals surface area contributed by atoms with Gasteiger partial charge in [-0.05, 0) is 23.4 Å². The first-order valence-corrected chi connectivity index (χ1v) is 10.5. The number of nitrogens with zero attached hydrogens (tertiary/aromatic N) is 1. The number of nitrogens with one attached hydrogen (secondary N) is 1. The van der Waals surface area contributed by atoms with E-state index in [4.69, 9.17) is 14.6 Å². The van der Waals surface area contributed by atoms with Gasteiger partial charge in [0.1, 0.15) is 24.0 Å². The van der Waals surface area contributed by atoms with Gasteiger partial charge < -0.3 is 29.9 Å². The molecule has 1 aromatic carbocycles. The number of hydrogen-bond donors (Lipinski definition) is 5. The Morgan fingerprint density at radius 3 is 2.42 bits per heavy atom. The van der Waals surface area contributed by atoms with Gasteiger partial charge in [-0.15, -0.1) is 16.9 Å². The Hall–Kier alpha value is -1.83. The van der Waals surface area contributed by atoms with Crippen LogP contribution in [0.15, 0.2) is 29.2 Å². The van der Waals surface area contributed by atoms with Crippen LogP contribution < -0.4 is 4.74 Å². The lowest BCUT2D eigenvalue weighted by Gasteiger charge is -2.39. The summed E-state index contributed by atoms with van der Waals surface area (Å²) in [7, 11) is 0. The Balaban J connectivity index is 1.88. The fourth-order valence-corrected chi connectivity index (χ4v) is 3.91. The molecule has 12 heteroatoms. The summed E-state index contributed by atoms with van der Waals surface area (Å²) in [6.07, 6.45) is -13.0. The maximum atomic E-state index is 13.5.